The van der Waals surface area contributed by atoms with E-state index < -0.39 is 10.3 Å². The molecule has 0 aromatic carbocycles. The van der Waals surface area contributed by atoms with E-state index in [0.717, 1.165) is 0 Å². The molecule has 2 N–H and O–H groups in total. The van der Waals surface area contributed by atoms with Gasteiger partial charge in [-0.05, 0) is 0 Å². The standard InChI is InChI=1S/C7H11ClN4O3S/c1-12(2)7-5(3-15-16(9,13)14)6(8)10-4-11-7/h4H,3H2,1-2H3,(H2,9,13,14). The van der Waals surface area contributed by atoms with Crippen LogP contribution >= 0.6 is 11.6 Å². The second kappa shape index (κ2) is 4.91. The number of nitrogens with zero attached hydrogens (tertiary/aromatic N) is 3. The second-order valence-corrected chi connectivity index (χ2v) is 4.70. The van der Waals surface area contributed by atoms with Gasteiger partial charge in [-0.25, -0.2) is 15.1 Å². The Morgan fingerprint density at radius 1 is 1.50 bits per heavy atom. The first kappa shape index (κ1) is 13.1. The molecule has 0 aliphatic rings. The van der Waals surface area contributed by atoms with Gasteiger partial charge in [0.2, 0.25) is 0 Å². The van der Waals surface area contributed by atoms with E-state index in [1.165, 1.54) is 6.33 Å². The Bertz CT molecular complexity index is 477. The summed E-state index contributed by atoms with van der Waals surface area (Å²) in [6, 6.07) is 0. The zero-order valence-corrected chi connectivity index (χ0v) is 10.3. The summed E-state index contributed by atoms with van der Waals surface area (Å²) in [5, 5.41) is 4.84. The molecule has 90 valence electrons. The summed E-state index contributed by atoms with van der Waals surface area (Å²) in [5.41, 5.74) is 0.364. The van der Waals surface area contributed by atoms with Gasteiger partial charge in [0.15, 0.2) is 0 Å². The van der Waals surface area contributed by atoms with Crippen LogP contribution in [0.15, 0.2) is 6.33 Å². The third-order valence-corrected chi connectivity index (χ3v) is 2.43. The number of anilines is 1. The number of nitrogens with two attached hydrogens (primary N) is 1. The molecule has 0 unspecified atom stereocenters. The van der Waals surface area contributed by atoms with Crippen molar-refractivity contribution in [2.24, 2.45) is 5.14 Å². The fraction of sp³-hybridized carbons (Fsp3) is 0.429. The molecule has 0 amide bonds. The number of halogens is 1. The molecule has 0 bridgehead atoms. The molecule has 1 aromatic heterocycles. The summed E-state index contributed by atoms with van der Waals surface area (Å²) >= 11 is 5.81. The quantitative estimate of drug-likeness (QED) is 0.765. The maximum absolute atomic E-state index is 10.7. The van der Waals surface area contributed by atoms with Crippen LogP contribution in [0.1, 0.15) is 5.56 Å². The molecule has 9 heteroatoms. The Morgan fingerprint density at radius 2 is 2.12 bits per heavy atom. The average Bonchev–Trinajstić information content (AvgIpc) is 2.13. The van der Waals surface area contributed by atoms with Crippen LogP contribution in [0.4, 0.5) is 5.82 Å². The van der Waals surface area contributed by atoms with E-state index in [0.29, 0.717) is 11.4 Å². The molecule has 0 fully saturated rings. The van der Waals surface area contributed by atoms with Crippen molar-refractivity contribution in [2.45, 2.75) is 6.61 Å². The maximum atomic E-state index is 10.7. The molecule has 7 nitrogen and oxygen atoms in total. The molecule has 1 rings (SSSR count). The lowest BCUT2D eigenvalue weighted by molar-refractivity contribution is 0.308. The van der Waals surface area contributed by atoms with Crippen molar-refractivity contribution in [3.63, 3.8) is 0 Å². The van der Waals surface area contributed by atoms with Crippen LogP contribution in [-0.4, -0.2) is 32.5 Å². The molecule has 0 atom stereocenters. The minimum atomic E-state index is -4.01. The molecule has 0 aliphatic carbocycles. The average molecular weight is 267 g/mol. The van der Waals surface area contributed by atoms with Gasteiger partial charge in [0.25, 0.3) is 0 Å². The predicted octanol–water partition coefficient (Wildman–Crippen LogP) is -0.0839. The van der Waals surface area contributed by atoms with E-state index in [2.05, 4.69) is 14.2 Å². The van der Waals surface area contributed by atoms with Crippen LogP contribution in [0.25, 0.3) is 0 Å². The van der Waals surface area contributed by atoms with Gasteiger partial charge in [-0.15, -0.1) is 0 Å². The molecule has 1 heterocycles. The van der Waals surface area contributed by atoms with Gasteiger partial charge in [-0.3, -0.25) is 4.18 Å². The van der Waals surface area contributed by atoms with E-state index in [-0.39, 0.29) is 11.8 Å². The van der Waals surface area contributed by atoms with Crippen LogP contribution in [0.5, 0.6) is 0 Å². The Labute approximate surface area is 98.5 Å². The molecular formula is C7H11ClN4O3S. The molecule has 0 saturated heterocycles. The van der Waals surface area contributed by atoms with Crippen LogP contribution in [-0.2, 0) is 21.1 Å². The highest BCUT2D eigenvalue weighted by Gasteiger charge is 2.14. The fourth-order valence-electron chi connectivity index (χ4n) is 1.03. The first-order valence-corrected chi connectivity index (χ1v) is 6.00. The minimum Gasteiger partial charge on any atom is -0.362 e. The van der Waals surface area contributed by atoms with Crippen molar-refractivity contribution in [3.8, 4) is 0 Å². The molecule has 0 spiro atoms. The van der Waals surface area contributed by atoms with E-state index >= 15 is 0 Å². The second-order valence-electron chi connectivity index (χ2n) is 3.12. The van der Waals surface area contributed by atoms with E-state index in [4.69, 9.17) is 16.7 Å². The Hall–Kier alpha value is -0.960. The lowest BCUT2D eigenvalue weighted by Gasteiger charge is -2.15. The number of hydrogen-bond donors (Lipinski definition) is 1. The highest BCUT2D eigenvalue weighted by molar-refractivity contribution is 7.84. The van der Waals surface area contributed by atoms with E-state index in [1.807, 2.05) is 0 Å². The third-order valence-electron chi connectivity index (χ3n) is 1.66. The zero-order valence-electron chi connectivity index (χ0n) is 8.71. The first-order valence-electron chi connectivity index (χ1n) is 4.15. The van der Waals surface area contributed by atoms with Crippen LogP contribution in [0.3, 0.4) is 0 Å². The van der Waals surface area contributed by atoms with Gasteiger partial charge >= 0.3 is 10.3 Å². The molecule has 0 radical (unpaired) electrons. The van der Waals surface area contributed by atoms with Gasteiger partial charge in [0, 0.05) is 14.1 Å². The summed E-state index contributed by atoms with van der Waals surface area (Å²) in [4.78, 5) is 9.35. The maximum Gasteiger partial charge on any atom is 0.333 e. The summed E-state index contributed by atoms with van der Waals surface area (Å²) in [6.07, 6.45) is 1.28. The smallest absolute Gasteiger partial charge is 0.333 e. The summed E-state index contributed by atoms with van der Waals surface area (Å²) in [5.74, 6) is 0.476. The van der Waals surface area contributed by atoms with Gasteiger partial charge in [-0.1, -0.05) is 11.6 Å². The van der Waals surface area contributed by atoms with Crippen molar-refractivity contribution in [1.29, 1.82) is 0 Å². The van der Waals surface area contributed by atoms with Crippen molar-refractivity contribution in [3.05, 3.63) is 17.0 Å². The third kappa shape index (κ3) is 3.56. The Morgan fingerprint density at radius 3 is 2.62 bits per heavy atom. The SMILES string of the molecule is CN(C)c1ncnc(Cl)c1COS(N)(=O)=O. The normalized spacial score (nSPS) is 11.5. The fourth-order valence-corrected chi connectivity index (χ4v) is 1.50. The van der Waals surface area contributed by atoms with Crippen LogP contribution < -0.4 is 10.0 Å². The summed E-state index contributed by atoms with van der Waals surface area (Å²) in [6.45, 7) is -0.300. The minimum absolute atomic E-state index is 0.127. The number of aromatic nitrogens is 2. The summed E-state index contributed by atoms with van der Waals surface area (Å²) < 4.78 is 25.8. The Kier molecular flexibility index (Phi) is 4.03. The molecule has 1 aromatic rings. The molecule has 16 heavy (non-hydrogen) atoms. The lowest BCUT2D eigenvalue weighted by atomic mass is 10.3. The largest absolute Gasteiger partial charge is 0.362 e. The predicted molar refractivity (Wildman–Crippen MR) is 59.3 cm³/mol. The van der Waals surface area contributed by atoms with Crippen molar-refractivity contribution < 1.29 is 12.6 Å². The van der Waals surface area contributed by atoms with Crippen molar-refractivity contribution >= 4 is 27.7 Å². The van der Waals surface area contributed by atoms with Gasteiger partial charge in [0.1, 0.15) is 17.3 Å². The zero-order chi connectivity index (χ0) is 12.3. The van der Waals surface area contributed by atoms with Crippen molar-refractivity contribution in [2.75, 3.05) is 19.0 Å². The van der Waals surface area contributed by atoms with E-state index in [1.54, 1.807) is 19.0 Å². The highest BCUT2D eigenvalue weighted by Crippen LogP contribution is 2.22. The molecule has 0 saturated carbocycles. The molecular weight excluding hydrogens is 256 g/mol. The van der Waals surface area contributed by atoms with Crippen molar-refractivity contribution in [1.82, 2.24) is 9.97 Å². The van der Waals surface area contributed by atoms with Crippen LogP contribution in [0, 0.1) is 0 Å². The topological polar surface area (TPSA) is 98.4 Å². The first-order chi connectivity index (χ1) is 7.31. The van der Waals surface area contributed by atoms with E-state index in [9.17, 15) is 8.42 Å². The monoisotopic (exact) mass is 266 g/mol. The van der Waals surface area contributed by atoms with Gasteiger partial charge < -0.3 is 4.90 Å². The number of hydrogen-bond acceptors (Lipinski definition) is 6. The Balaban J connectivity index is 3.02. The van der Waals surface area contributed by atoms with Gasteiger partial charge in [-0.2, -0.15) is 8.42 Å². The van der Waals surface area contributed by atoms with Gasteiger partial charge in [0.05, 0.1) is 12.2 Å². The summed E-state index contributed by atoms with van der Waals surface area (Å²) in [7, 11) is -0.544. The highest BCUT2D eigenvalue weighted by atomic mass is 35.5. The molecule has 0 aliphatic heterocycles. The number of rotatable bonds is 4. The lowest BCUT2D eigenvalue weighted by Crippen LogP contribution is -2.18. The van der Waals surface area contributed by atoms with Crippen LogP contribution in [0.2, 0.25) is 5.15 Å².